The molecule has 4 heavy (non-hydrogen) atoms. The van der Waals surface area contributed by atoms with Crippen molar-refractivity contribution in [3.63, 3.8) is 0 Å². The highest BCUT2D eigenvalue weighted by Gasteiger charge is 1.61. The van der Waals surface area contributed by atoms with E-state index >= 15 is 0 Å². The zero-order valence-corrected chi connectivity index (χ0v) is 2.49. The second kappa shape index (κ2) is 0.875. The summed E-state index contributed by atoms with van der Waals surface area (Å²) < 4.78 is 0. The Bertz CT molecular complexity index is 29.0. The molecular formula is C2H5NO. The molecule has 0 spiro atoms. The molecule has 2 nitrogen and oxygen atoms in total. The van der Waals surface area contributed by atoms with E-state index in [0.29, 0.717) is 0 Å². The van der Waals surface area contributed by atoms with Gasteiger partial charge in [0.15, 0.2) is 0 Å². The molecule has 0 atom stereocenters. The predicted octanol–water partition coefficient (Wildman–Crippen LogP) is -0.508. The lowest BCUT2D eigenvalue weighted by Crippen LogP contribution is -2.01. The van der Waals surface area contributed by atoms with E-state index in [9.17, 15) is 4.79 Å². The van der Waals surface area contributed by atoms with E-state index in [2.05, 4.69) is 5.73 Å². The molecule has 0 rings (SSSR count). The molecule has 0 fully saturated rings. The Morgan fingerprint density at radius 1 is 2.00 bits per heavy atom. The Morgan fingerprint density at radius 2 is 2.00 bits per heavy atom. The minimum atomic E-state index is -0.333. The molecule has 0 aliphatic rings. The summed E-state index contributed by atoms with van der Waals surface area (Å²) >= 11 is 0. The Hall–Kier alpha value is -0.530. The normalized spacial score (nSPS) is 6.25. The van der Waals surface area contributed by atoms with E-state index in [4.69, 9.17) is 0 Å². The molecule has 0 aliphatic heterocycles. The number of nitrogens with two attached hydrogens (primary N) is 1. The van der Waals surface area contributed by atoms with E-state index in [1.54, 1.807) is 0 Å². The minimum absolute atomic E-state index is 0.333. The van der Waals surface area contributed by atoms with Crippen molar-refractivity contribution in [1.82, 2.24) is 0 Å². The first kappa shape index (κ1) is 3.47. The summed E-state index contributed by atoms with van der Waals surface area (Å²) in [5.41, 5.74) is 4.47. The molecular weight excluding hydrogens is 56.0 g/mol. The molecule has 0 heterocycles. The van der Waals surface area contributed by atoms with Crippen LogP contribution in [0.15, 0.2) is 0 Å². The third kappa shape index (κ3) is 1.16. The summed E-state index contributed by atoms with van der Waals surface area (Å²) in [6, 6.07) is 0. The second-order valence-corrected chi connectivity index (χ2v) is 0.611. The maximum absolute atomic E-state index is 9.22. The van der Waals surface area contributed by atoms with Gasteiger partial charge in [-0.3, -0.25) is 4.79 Å². The molecule has 0 aromatic rings. The van der Waals surface area contributed by atoms with Crippen LogP contribution in [0.4, 0.5) is 0 Å². The molecule has 0 aromatic heterocycles. The predicted molar refractivity (Wildman–Crippen MR) is 14.9 cm³/mol. The molecule has 0 bridgehead atoms. The van der Waals surface area contributed by atoms with Crippen molar-refractivity contribution < 1.29 is 4.79 Å². The Kier molecular flexibility index (Phi) is 0.759. The Labute approximate surface area is 24.6 Å². The van der Waals surface area contributed by atoms with Gasteiger partial charge in [0.05, 0.1) is 0 Å². The summed E-state index contributed by atoms with van der Waals surface area (Å²) in [5, 5.41) is 0. The maximum atomic E-state index is 9.22. The molecule has 2 N–H and O–H groups in total. The minimum Gasteiger partial charge on any atom is -0.370 e. The lowest BCUT2D eigenvalue weighted by molar-refractivity contribution is -0.115. The molecule has 0 saturated heterocycles. The number of hydrogen-bond donors (Lipinski definition) is 1. The van der Waals surface area contributed by atoms with E-state index in [1.807, 2.05) is 0 Å². The monoisotopic (exact) mass is 61.0 g/mol. The van der Waals surface area contributed by atoms with Crippen molar-refractivity contribution in [2.75, 3.05) is 0 Å². The standard InChI is InChI=1S/C2H5NO/c1-2(3)4/h1H3,(H2,3,4)/i2+2. The summed E-state index contributed by atoms with van der Waals surface area (Å²) in [5.74, 6) is -0.333. The Morgan fingerprint density at radius 3 is 2.00 bits per heavy atom. The molecule has 0 saturated carbocycles. The van der Waals surface area contributed by atoms with Crippen LogP contribution in [-0.4, -0.2) is 5.91 Å². The largest absolute Gasteiger partial charge is 0.370 e. The number of carbonyl (C=O) groups is 1. The summed E-state index contributed by atoms with van der Waals surface area (Å²) in [6.07, 6.45) is 0. The molecule has 0 unspecified atom stereocenters. The quantitative estimate of drug-likeness (QED) is 0.403. The highest BCUT2D eigenvalue weighted by atomic mass is 16.3. The van der Waals surface area contributed by atoms with Crippen molar-refractivity contribution in [1.29, 1.82) is 0 Å². The van der Waals surface area contributed by atoms with Gasteiger partial charge in [0.25, 0.3) is 0 Å². The van der Waals surface area contributed by atoms with Crippen LogP contribution in [0.3, 0.4) is 0 Å². The molecule has 24 valence electrons. The fraction of sp³-hybridized carbons (Fsp3) is 0.500. The van der Waals surface area contributed by atoms with Crippen LogP contribution in [-0.2, 0) is 4.79 Å². The maximum Gasteiger partial charge on any atom is 0.214 e. The van der Waals surface area contributed by atoms with Crippen molar-refractivity contribution >= 4 is 5.91 Å². The summed E-state index contributed by atoms with van der Waals surface area (Å²) in [4.78, 5) is 9.22. The van der Waals surface area contributed by atoms with Crippen molar-refractivity contribution in [2.24, 2.45) is 5.73 Å². The van der Waals surface area contributed by atoms with Crippen molar-refractivity contribution in [2.45, 2.75) is 6.92 Å². The van der Waals surface area contributed by atoms with Gasteiger partial charge in [0.1, 0.15) is 0 Å². The summed E-state index contributed by atoms with van der Waals surface area (Å²) in [6.45, 7) is 1.31. The fourth-order valence-corrected chi connectivity index (χ4v) is 0. The molecule has 2 heteroatoms. The van der Waals surface area contributed by atoms with Gasteiger partial charge in [-0.1, -0.05) is 0 Å². The zero-order valence-electron chi connectivity index (χ0n) is 2.49. The van der Waals surface area contributed by atoms with E-state index < -0.39 is 0 Å². The van der Waals surface area contributed by atoms with Gasteiger partial charge >= 0.3 is 0 Å². The lowest BCUT2D eigenvalue weighted by atomic mass is 11.5. The van der Waals surface area contributed by atoms with Gasteiger partial charge in [0, 0.05) is 6.92 Å². The average Bonchev–Trinajstić information content (AvgIpc) is 0.811. The molecule has 1 amide bonds. The molecule has 0 aromatic carbocycles. The van der Waals surface area contributed by atoms with Crippen LogP contribution in [0.1, 0.15) is 6.92 Å². The summed E-state index contributed by atoms with van der Waals surface area (Å²) in [7, 11) is 0. The fourth-order valence-electron chi connectivity index (χ4n) is 0. The number of carbonyl (C=O) groups excluding carboxylic acids is 1. The van der Waals surface area contributed by atoms with Crippen molar-refractivity contribution in [3.8, 4) is 0 Å². The van der Waals surface area contributed by atoms with Crippen LogP contribution in [0.5, 0.6) is 0 Å². The van der Waals surface area contributed by atoms with Gasteiger partial charge in [-0.25, -0.2) is 0 Å². The third-order valence-corrected chi connectivity index (χ3v) is 0. The second-order valence-electron chi connectivity index (χ2n) is 0.611. The SMILES string of the molecule is C[14C](N)=O. The van der Waals surface area contributed by atoms with E-state index in [-0.39, 0.29) is 5.91 Å². The smallest absolute Gasteiger partial charge is 0.214 e. The van der Waals surface area contributed by atoms with Gasteiger partial charge in [-0.05, 0) is 0 Å². The van der Waals surface area contributed by atoms with Crippen LogP contribution in [0, 0.1) is 0 Å². The average molecular weight is 61.1 g/mol. The topological polar surface area (TPSA) is 43.1 Å². The zero-order chi connectivity index (χ0) is 3.58. The molecule has 0 aliphatic carbocycles. The van der Waals surface area contributed by atoms with Crippen LogP contribution in [0.25, 0.3) is 0 Å². The number of rotatable bonds is 0. The Balaban J connectivity index is 2.80. The highest BCUT2D eigenvalue weighted by molar-refractivity contribution is 5.70. The van der Waals surface area contributed by atoms with Gasteiger partial charge in [-0.2, -0.15) is 0 Å². The van der Waals surface area contributed by atoms with Crippen LogP contribution < -0.4 is 5.73 Å². The molecule has 0 radical (unpaired) electrons. The number of hydrogen-bond acceptors (Lipinski definition) is 1. The lowest BCUT2D eigenvalue weighted by Gasteiger charge is -1.60. The third-order valence-electron chi connectivity index (χ3n) is 0. The van der Waals surface area contributed by atoms with Crippen LogP contribution >= 0.6 is 0 Å². The van der Waals surface area contributed by atoms with Crippen molar-refractivity contribution in [3.05, 3.63) is 0 Å². The van der Waals surface area contributed by atoms with E-state index in [0.717, 1.165) is 0 Å². The van der Waals surface area contributed by atoms with Gasteiger partial charge < -0.3 is 5.73 Å². The van der Waals surface area contributed by atoms with Gasteiger partial charge in [-0.15, -0.1) is 0 Å². The van der Waals surface area contributed by atoms with Gasteiger partial charge in [0.2, 0.25) is 5.91 Å². The first-order valence-corrected chi connectivity index (χ1v) is 0.993. The highest BCUT2D eigenvalue weighted by Crippen LogP contribution is 1.33. The number of amides is 1. The first-order chi connectivity index (χ1) is 1.73. The first-order valence-electron chi connectivity index (χ1n) is 0.993. The number of primary amides is 1. The van der Waals surface area contributed by atoms with Crippen LogP contribution in [0.2, 0.25) is 0 Å². The van der Waals surface area contributed by atoms with E-state index in [1.165, 1.54) is 6.92 Å².